The number of carbonyl (C=O) groups excluding carboxylic acids is 1. The molecule has 1 aliphatic rings. The lowest BCUT2D eigenvalue weighted by Gasteiger charge is -2.43. The monoisotopic (exact) mass is 338 g/mol. The van der Waals surface area contributed by atoms with Crippen LogP contribution in [0.25, 0.3) is 0 Å². The minimum atomic E-state index is -1.33. The first kappa shape index (κ1) is 18.2. The van der Waals surface area contributed by atoms with Gasteiger partial charge in [-0.2, -0.15) is 0 Å². The Morgan fingerprint density at radius 1 is 1.46 bits per heavy atom. The number of nitrogens with zero attached hydrogens (tertiary/aromatic N) is 1. The SMILES string of the molecule is CCC[C@@]1(C(=O)O)CN(C(=O)NCc2cccc(F)c2)CC[C@H]1O. The number of carboxylic acids is 1. The fourth-order valence-corrected chi connectivity index (χ4v) is 3.20. The van der Waals surface area contributed by atoms with Crippen molar-refractivity contribution in [2.75, 3.05) is 13.1 Å². The van der Waals surface area contributed by atoms with Crippen molar-refractivity contribution in [2.45, 2.75) is 38.8 Å². The average Bonchev–Trinajstić information content (AvgIpc) is 2.54. The van der Waals surface area contributed by atoms with Crippen molar-refractivity contribution in [1.29, 1.82) is 0 Å². The maximum Gasteiger partial charge on any atom is 0.317 e. The van der Waals surface area contributed by atoms with Crippen molar-refractivity contribution >= 4 is 12.0 Å². The predicted octanol–water partition coefficient (Wildman–Crippen LogP) is 1.97. The number of aliphatic carboxylic acids is 1. The molecule has 1 saturated heterocycles. The number of piperidine rings is 1. The summed E-state index contributed by atoms with van der Waals surface area (Å²) in [5.41, 5.74) is -0.707. The molecule has 0 unspecified atom stereocenters. The van der Waals surface area contributed by atoms with Crippen LogP contribution in [0.3, 0.4) is 0 Å². The van der Waals surface area contributed by atoms with Crippen LogP contribution in [0.5, 0.6) is 0 Å². The number of aliphatic hydroxyl groups is 1. The van der Waals surface area contributed by atoms with Crippen molar-refractivity contribution in [3.8, 4) is 0 Å². The van der Waals surface area contributed by atoms with E-state index in [0.717, 1.165) is 0 Å². The third-order valence-electron chi connectivity index (χ3n) is 4.53. The van der Waals surface area contributed by atoms with Gasteiger partial charge in [-0.15, -0.1) is 0 Å². The summed E-state index contributed by atoms with van der Waals surface area (Å²) in [4.78, 5) is 25.4. The summed E-state index contributed by atoms with van der Waals surface area (Å²) in [5.74, 6) is -1.46. The Labute approximate surface area is 140 Å². The Morgan fingerprint density at radius 2 is 2.21 bits per heavy atom. The molecule has 24 heavy (non-hydrogen) atoms. The number of nitrogens with one attached hydrogen (secondary N) is 1. The lowest BCUT2D eigenvalue weighted by atomic mass is 9.74. The molecule has 0 bridgehead atoms. The highest BCUT2D eigenvalue weighted by molar-refractivity contribution is 5.79. The standard InChI is InChI=1S/C17H23FN2O4/c1-2-7-17(15(22)23)11-20(8-6-14(17)21)16(24)19-10-12-4-3-5-13(18)9-12/h3-5,9,14,21H,2,6-8,10-11H2,1H3,(H,19,24)(H,22,23)/t14-,17-/m1/s1. The van der Waals surface area contributed by atoms with Crippen LogP contribution in [0.1, 0.15) is 31.7 Å². The number of amides is 2. The van der Waals surface area contributed by atoms with E-state index in [-0.39, 0.29) is 31.9 Å². The molecule has 2 rings (SSSR count). The summed E-state index contributed by atoms with van der Waals surface area (Å²) in [6, 6.07) is 5.50. The zero-order valence-electron chi connectivity index (χ0n) is 13.7. The molecule has 2 amide bonds. The molecule has 132 valence electrons. The molecule has 1 aromatic rings. The number of rotatable bonds is 5. The van der Waals surface area contributed by atoms with E-state index in [2.05, 4.69) is 5.32 Å². The van der Waals surface area contributed by atoms with Crippen molar-refractivity contribution in [2.24, 2.45) is 5.41 Å². The molecule has 1 fully saturated rings. The van der Waals surface area contributed by atoms with E-state index in [0.29, 0.717) is 18.4 Å². The van der Waals surface area contributed by atoms with Crippen molar-refractivity contribution in [3.05, 3.63) is 35.6 Å². The summed E-state index contributed by atoms with van der Waals surface area (Å²) in [6.45, 7) is 2.26. The summed E-state index contributed by atoms with van der Waals surface area (Å²) >= 11 is 0. The molecule has 3 N–H and O–H groups in total. The van der Waals surface area contributed by atoms with Crippen LogP contribution in [0, 0.1) is 11.2 Å². The second-order valence-electron chi connectivity index (χ2n) is 6.23. The van der Waals surface area contributed by atoms with E-state index in [4.69, 9.17) is 0 Å². The van der Waals surface area contributed by atoms with Gasteiger partial charge in [-0.1, -0.05) is 25.5 Å². The first-order valence-electron chi connectivity index (χ1n) is 8.07. The third kappa shape index (κ3) is 3.84. The number of carboxylic acid groups (broad SMARTS) is 1. The molecule has 0 saturated carbocycles. The highest BCUT2D eigenvalue weighted by Gasteiger charge is 2.49. The molecule has 0 radical (unpaired) electrons. The molecular formula is C17H23FN2O4. The van der Waals surface area contributed by atoms with Gasteiger partial charge in [0.25, 0.3) is 0 Å². The molecule has 7 heteroatoms. The minimum absolute atomic E-state index is 0.0354. The molecule has 1 heterocycles. The van der Waals surface area contributed by atoms with Crippen LogP contribution in [0.15, 0.2) is 24.3 Å². The van der Waals surface area contributed by atoms with Crippen LogP contribution < -0.4 is 5.32 Å². The summed E-state index contributed by atoms with van der Waals surface area (Å²) in [5, 5.41) is 22.4. The molecule has 6 nitrogen and oxygen atoms in total. The van der Waals surface area contributed by atoms with Gasteiger partial charge in [0, 0.05) is 19.6 Å². The molecule has 0 aliphatic carbocycles. The van der Waals surface area contributed by atoms with E-state index < -0.39 is 23.5 Å². The van der Waals surface area contributed by atoms with Crippen LogP contribution in [-0.2, 0) is 11.3 Å². The minimum Gasteiger partial charge on any atom is -0.481 e. The molecule has 0 aromatic heterocycles. The van der Waals surface area contributed by atoms with E-state index in [1.807, 2.05) is 6.92 Å². The number of benzene rings is 1. The van der Waals surface area contributed by atoms with Gasteiger partial charge in [-0.3, -0.25) is 4.79 Å². The molecule has 0 spiro atoms. The second kappa shape index (κ2) is 7.61. The molecular weight excluding hydrogens is 315 g/mol. The Kier molecular flexibility index (Phi) is 5.77. The van der Waals surface area contributed by atoms with E-state index in [1.165, 1.54) is 17.0 Å². The van der Waals surface area contributed by atoms with Gasteiger partial charge in [0.2, 0.25) is 0 Å². The van der Waals surface area contributed by atoms with Gasteiger partial charge in [-0.25, -0.2) is 9.18 Å². The zero-order valence-corrected chi connectivity index (χ0v) is 13.7. The fraction of sp³-hybridized carbons (Fsp3) is 0.529. The highest BCUT2D eigenvalue weighted by atomic mass is 19.1. The topological polar surface area (TPSA) is 89.9 Å². The summed E-state index contributed by atoms with van der Waals surface area (Å²) in [6.07, 6.45) is 0.154. The predicted molar refractivity (Wildman–Crippen MR) is 85.8 cm³/mol. The van der Waals surface area contributed by atoms with E-state index in [1.54, 1.807) is 12.1 Å². The van der Waals surface area contributed by atoms with Gasteiger partial charge in [0.1, 0.15) is 11.2 Å². The number of urea groups is 1. The Balaban J connectivity index is 2.03. The van der Waals surface area contributed by atoms with E-state index >= 15 is 0 Å². The Bertz CT molecular complexity index is 610. The van der Waals surface area contributed by atoms with Crippen LogP contribution in [0.4, 0.5) is 9.18 Å². The average molecular weight is 338 g/mol. The number of hydrogen-bond acceptors (Lipinski definition) is 3. The van der Waals surface area contributed by atoms with Crippen molar-refractivity contribution in [1.82, 2.24) is 10.2 Å². The fourth-order valence-electron chi connectivity index (χ4n) is 3.20. The summed E-state index contributed by atoms with van der Waals surface area (Å²) in [7, 11) is 0. The summed E-state index contributed by atoms with van der Waals surface area (Å²) < 4.78 is 13.1. The maximum atomic E-state index is 13.1. The smallest absolute Gasteiger partial charge is 0.317 e. The molecule has 1 aliphatic heterocycles. The highest BCUT2D eigenvalue weighted by Crippen LogP contribution is 2.35. The first-order valence-corrected chi connectivity index (χ1v) is 8.07. The lowest BCUT2D eigenvalue weighted by molar-refractivity contribution is -0.162. The van der Waals surface area contributed by atoms with Crippen molar-refractivity contribution in [3.63, 3.8) is 0 Å². The van der Waals surface area contributed by atoms with Gasteiger partial charge >= 0.3 is 12.0 Å². The Morgan fingerprint density at radius 3 is 2.83 bits per heavy atom. The van der Waals surface area contributed by atoms with Crippen molar-refractivity contribution < 1.29 is 24.2 Å². The quantitative estimate of drug-likeness (QED) is 0.766. The lowest BCUT2D eigenvalue weighted by Crippen LogP contribution is -2.58. The first-order chi connectivity index (χ1) is 11.4. The number of halogens is 1. The Hall–Kier alpha value is -2.15. The molecule has 2 atom stereocenters. The number of carbonyl (C=O) groups is 2. The number of hydrogen-bond donors (Lipinski definition) is 3. The third-order valence-corrected chi connectivity index (χ3v) is 4.53. The number of likely N-dealkylation sites (tertiary alicyclic amines) is 1. The second-order valence-corrected chi connectivity index (χ2v) is 6.23. The van der Waals surface area contributed by atoms with E-state index in [9.17, 15) is 24.2 Å². The molecule has 1 aromatic carbocycles. The van der Waals surface area contributed by atoms with Gasteiger partial charge in [-0.05, 0) is 30.5 Å². The van der Waals surface area contributed by atoms with Crippen LogP contribution in [-0.4, -0.2) is 46.3 Å². The van der Waals surface area contributed by atoms with Gasteiger partial charge in [0.05, 0.1) is 6.10 Å². The van der Waals surface area contributed by atoms with Crippen LogP contribution in [0.2, 0.25) is 0 Å². The van der Waals surface area contributed by atoms with Gasteiger partial charge < -0.3 is 20.4 Å². The normalized spacial score (nSPS) is 23.8. The number of aliphatic hydroxyl groups excluding tert-OH is 1. The zero-order chi connectivity index (χ0) is 17.7. The largest absolute Gasteiger partial charge is 0.481 e. The van der Waals surface area contributed by atoms with Crippen LogP contribution >= 0.6 is 0 Å². The maximum absolute atomic E-state index is 13.1. The van der Waals surface area contributed by atoms with Gasteiger partial charge in [0.15, 0.2) is 0 Å².